The van der Waals surface area contributed by atoms with Crippen molar-refractivity contribution in [1.82, 2.24) is 9.97 Å². The van der Waals surface area contributed by atoms with Crippen molar-refractivity contribution in [3.05, 3.63) is 83.9 Å². The molecule has 2 saturated heterocycles. The minimum Gasteiger partial charge on any atom is -0.348 e. The van der Waals surface area contributed by atoms with E-state index in [9.17, 15) is 17.2 Å². The lowest BCUT2D eigenvalue weighted by atomic mass is 10.0. The van der Waals surface area contributed by atoms with Crippen molar-refractivity contribution >= 4 is 26.3 Å². The number of aromatic nitrogens is 2. The summed E-state index contributed by atoms with van der Waals surface area (Å²) in [5.41, 5.74) is 1.07. The van der Waals surface area contributed by atoms with Gasteiger partial charge in [0.1, 0.15) is 22.3 Å². The fraction of sp³-hybridized carbons (Fsp3) is 0.286. The van der Waals surface area contributed by atoms with Crippen LogP contribution in [0.15, 0.2) is 65.8 Å². The van der Waals surface area contributed by atoms with Gasteiger partial charge in [0.15, 0.2) is 20.8 Å². The van der Waals surface area contributed by atoms with Crippen LogP contribution in [0.2, 0.25) is 0 Å². The van der Waals surface area contributed by atoms with Gasteiger partial charge in [-0.25, -0.2) is 26.6 Å². The van der Waals surface area contributed by atoms with Crippen LogP contribution in [-0.2, 0) is 25.1 Å². The molecule has 7 nitrogen and oxygen atoms in total. The number of piperidine rings is 1. The monoisotopic (exact) mass is 587 g/mol. The first kappa shape index (κ1) is 26.9. The summed E-state index contributed by atoms with van der Waals surface area (Å²) in [5, 5.41) is 0.689. The Labute approximate surface area is 233 Å². The van der Waals surface area contributed by atoms with Gasteiger partial charge in [-0.1, -0.05) is 23.5 Å². The van der Waals surface area contributed by atoms with Crippen LogP contribution in [0.1, 0.15) is 18.4 Å². The van der Waals surface area contributed by atoms with Gasteiger partial charge in [0.2, 0.25) is 0 Å². The van der Waals surface area contributed by atoms with Crippen molar-refractivity contribution in [2.45, 2.75) is 29.3 Å². The molecule has 0 N–H and O–H groups in total. The molecule has 12 heteroatoms. The maximum Gasteiger partial charge on any atom is 0.186 e. The third-order valence-electron chi connectivity index (χ3n) is 7.08. The average Bonchev–Trinajstić information content (AvgIpc) is 3.60. The molecule has 2 aromatic heterocycles. The molecule has 0 aliphatic carbocycles. The highest BCUT2D eigenvalue weighted by molar-refractivity contribution is 7.90. The van der Waals surface area contributed by atoms with Crippen molar-refractivity contribution in [2.24, 2.45) is 0 Å². The summed E-state index contributed by atoms with van der Waals surface area (Å²) in [7, 11) is -4.39. The van der Waals surface area contributed by atoms with E-state index in [1.807, 2.05) is 0 Å². The van der Waals surface area contributed by atoms with Gasteiger partial charge in [0.25, 0.3) is 0 Å². The fourth-order valence-electron chi connectivity index (χ4n) is 5.02. The Morgan fingerprint density at radius 2 is 1.70 bits per heavy atom. The zero-order chi connectivity index (χ0) is 27.9. The summed E-state index contributed by atoms with van der Waals surface area (Å²) in [4.78, 5) is 10.9. The highest BCUT2D eigenvalue weighted by Crippen LogP contribution is 2.43. The summed E-state index contributed by atoms with van der Waals surface area (Å²) in [6.45, 7) is 2.43. The Kier molecular flexibility index (Phi) is 7.11. The second-order valence-corrected chi connectivity index (χ2v) is 12.6. The van der Waals surface area contributed by atoms with E-state index < -0.39 is 43.7 Å². The zero-order valence-corrected chi connectivity index (χ0v) is 22.8. The van der Waals surface area contributed by atoms with Gasteiger partial charge >= 0.3 is 0 Å². The van der Waals surface area contributed by atoms with Gasteiger partial charge in [0, 0.05) is 49.5 Å². The minimum atomic E-state index is -4.39. The van der Waals surface area contributed by atoms with Gasteiger partial charge in [-0.2, -0.15) is 0 Å². The molecule has 2 aromatic carbocycles. The quantitative estimate of drug-likeness (QED) is 0.290. The SMILES string of the molecule is O=S(=O)(Cc1cccc(-c2nc(N3CCC4(CC3)OCCO4)sc2-c2ccncc2)c1F)c1cc(F)ccc1F. The van der Waals surface area contributed by atoms with Gasteiger partial charge < -0.3 is 14.4 Å². The van der Waals surface area contributed by atoms with Crippen molar-refractivity contribution in [1.29, 1.82) is 0 Å². The Balaban J connectivity index is 1.37. The molecule has 4 heterocycles. The van der Waals surface area contributed by atoms with E-state index in [0.717, 1.165) is 17.7 Å². The van der Waals surface area contributed by atoms with Gasteiger partial charge in [-0.3, -0.25) is 4.98 Å². The maximum absolute atomic E-state index is 16.0. The number of sulfone groups is 1. The number of hydrogen-bond donors (Lipinski definition) is 0. The number of halogens is 3. The maximum atomic E-state index is 16.0. The lowest BCUT2D eigenvalue weighted by molar-refractivity contribution is -0.169. The normalized spacial score (nSPS) is 17.0. The van der Waals surface area contributed by atoms with Crippen molar-refractivity contribution in [3.8, 4) is 21.7 Å². The Morgan fingerprint density at radius 1 is 0.975 bits per heavy atom. The lowest BCUT2D eigenvalue weighted by Gasteiger charge is -2.37. The molecule has 0 atom stereocenters. The molecule has 0 saturated carbocycles. The first-order chi connectivity index (χ1) is 19.2. The third kappa shape index (κ3) is 5.12. The van der Waals surface area contributed by atoms with Gasteiger partial charge in [-0.15, -0.1) is 0 Å². The molecule has 0 radical (unpaired) electrons. The van der Waals surface area contributed by atoms with E-state index in [-0.39, 0.29) is 11.1 Å². The van der Waals surface area contributed by atoms with Crippen LogP contribution in [0.25, 0.3) is 21.7 Å². The molecule has 0 bridgehead atoms. The summed E-state index contributed by atoms with van der Waals surface area (Å²) < 4.78 is 81.5. The van der Waals surface area contributed by atoms with E-state index in [4.69, 9.17) is 14.5 Å². The molecule has 4 aromatic rings. The second-order valence-electron chi connectivity index (χ2n) is 9.62. The van der Waals surface area contributed by atoms with Crippen LogP contribution in [0.5, 0.6) is 0 Å². The van der Waals surface area contributed by atoms with E-state index in [2.05, 4.69) is 9.88 Å². The van der Waals surface area contributed by atoms with Gasteiger partial charge in [0.05, 0.1) is 29.5 Å². The lowest BCUT2D eigenvalue weighted by Crippen LogP contribution is -2.45. The third-order valence-corrected chi connectivity index (χ3v) is 9.91. The number of hydrogen-bond acceptors (Lipinski definition) is 8. The molecule has 208 valence electrons. The highest BCUT2D eigenvalue weighted by atomic mass is 32.2. The smallest absolute Gasteiger partial charge is 0.186 e. The molecule has 2 aliphatic rings. The van der Waals surface area contributed by atoms with E-state index in [1.54, 1.807) is 24.5 Å². The average molecular weight is 588 g/mol. The molecule has 40 heavy (non-hydrogen) atoms. The fourth-order valence-corrected chi connectivity index (χ4v) is 7.60. The highest BCUT2D eigenvalue weighted by Gasteiger charge is 2.40. The largest absolute Gasteiger partial charge is 0.348 e. The number of ether oxygens (including phenoxy) is 2. The molecule has 1 spiro atoms. The van der Waals surface area contributed by atoms with E-state index in [0.29, 0.717) is 60.9 Å². The summed E-state index contributed by atoms with van der Waals surface area (Å²) in [6.07, 6.45) is 4.60. The van der Waals surface area contributed by atoms with E-state index >= 15 is 4.39 Å². The Morgan fingerprint density at radius 3 is 2.42 bits per heavy atom. The Bertz CT molecular complexity index is 1650. The minimum absolute atomic E-state index is 0.109. The molecule has 2 aliphatic heterocycles. The molecule has 0 amide bonds. The zero-order valence-electron chi connectivity index (χ0n) is 21.1. The number of anilines is 1. The van der Waals surface area contributed by atoms with Crippen molar-refractivity contribution in [3.63, 3.8) is 0 Å². The van der Waals surface area contributed by atoms with E-state index in [1.165, 1.54) is 29.5 Å². The second kappa shape index (κ2) is 10.6. The van der Waals surface area contributed by atoms with Crippen LogP contribution < -0.4 is 4.90 Å². The van der Waals surface area contributed by atoms with Gasteiger partial charge in [-0.05, 0) is 42.0 Å². The number of benzene rings is 2. The summed E-state index contributed by atoms with van der Waals surface area (Å²) in [6, 6.07) is 10.1. The molecular formula is C28H24F3N3O4S2. The molecule has 2 fully saturated rings. The number of pyridine rings is 1. The van der Waals surface area contributed by atoms with Crippen molar-refractivity contribution in [2.75, 3.05) is 31.2 Å². The van der Waals surface area contributed by atoms with Crippen LogP contribution in [-0.4, -0.2) is 50.5 Å². The summed E-state index contributed by atoms with van der Waals surface area (Å²) >= 11 is 1.40. The van der Waals surface area contributed by atoms with Crippen LogP contribution in [0.3, 0.4) is 0 Å². The number of nitrogens with zero attached hydrogens (tertiary/aromatic N) is 3. The summed E-state index contributed by atoms with van der Waals surface area (Å²) in [5.74, 6) is -4.19. The first-order valence-electron chi connectivity index (χ1n) is 12.6. The van der Waals surface area contributed by atoms with Crippen LogP contribution >= 0.6 is 11.3 Å². The first-order valence-corrected chi connectivity index (χ1v) is 15.1. The number of thiazole rings is 1. The topological polar surface area (TPSA) is 81.6 Å². The number of rotatable bonds is 6. The molecule has 0 unspecified atom stereocenters. The predicted molar refractivity (Wildman–Crippen MR) is 144 cm³/mol. The van der Waals surface area contributed by atoms with Crippen LogP contribution in [0.4, 0.5) is 18.3 Å². The standard InChI is InChI=1S/C28H24F3N3O4S2/c29-20-4-5-22(30)23(16-20)40(35,36)17-19-2-1-3-21(24(19)31)25-26(18-6-10-32-11-7-18)39-27(33-25)34-12-8-28(9-13-34)37-14-15-38-28/h1-7,10-11,16H,8-9,12-15,17H2. The predicted octanol–water partition coefficient (Wildman–Crippen LogP) is 5.61. The molecule has 6 rings (SSSR count). The molecular weight excluding hydrogens is 563 g/mol. The van der Waals surface area contributed by atoms with Crippen molar-refractivity contribution < 1.29 is 31.1 Å². The Hall–Kier alpha value is -3.32. The van der Waals surface area contributed by atoms with Crippen LogP contribution in [0, 0.1) is 17.5 Å².